The van der Waals surface area contributed by atoms with Crippen molar-refractivity contribution < 1.29 is 19.8 Å². The molecule has 6 nitrogen and oxygen atoms in total. The number of nitrogens with zero attached hydrogens (tertiary/aromatic N) is 1. The number of hydrogen-bond acceptors (Lipinski definition) is 4. The number of carboxylic acid groups (broad SMARTS) is 1. The van der Waals surface area contributed by atoms with Gasteiger partial charge in [0.25, 0.3) is 5.09 Å². The minimum absolute atomic E-state index is 0.793. The maximum Gasteiger partial charge on any atom is 0.333 e. The third kappa shape index (κ3) is 3.18. The van der Waals surface area contributed by atoms with Crippen molar-refractivity contribution in [2.75, 3.05) is 0 Å². The molecule has 0 fully saturated rings. The molecule has 0 aromatic rings. The molecule has 1 atom stereocenters. The largest absolute Gasteiger partial charge is 0.480 e. The average molecular weight is 177 g/mol. The highest BCUT2D eigenvalue weighted by molar-refractivity contribution is 5.73. The fraction of sp³-hybridized carbons (Fsp3) is 0.833. The normalized spacial score (nSPS) is 13.6. The van der Waals surface area contributed by atoms with Crippen LogP contribution >= 0.6 is 0 Å². The van der Waals surface area contributed by atoms with Crippen LogP contribution in [0.2, 0.25) is 0 Å². The molecular formula is C6H11NO5. The van der Waals surface area contributed by atoms with E-state index in [1.807, 2.05) is 0 Å². The van der Waals surface area contributed by atoms with Crippen LogP contribution in [0.5, 0.6) is 0 Å². The zero-order chi connectivity index (χ0) is 9.94. The molecule has 0 aromatic heterocycles. The van der Waals surface area contributed by atoms with E-state index in [0.717, 1.165) is 0 Å². The van der Waals surface area contributed by atoms with Crippen LogP contribution in [0.25, 0.3) is 0 Å². The Hall–Kier alpha value is -1.33. The molecule has 0 spiro atoms. The summed E-state index contributed by atoms with van der Waals surface area (Å²) in [6.07, 6.45) is -1.42. The number of carboxylic acids is 1. The molecule has 6 heteroatoms. The SMILES string of the molecule is CC(C)(C)[C@H](O[N+](=O)[O-])C(=O)O. The summed E-state index contributed by atoms with van der Waals surface area (Å²) in [5, 5.41) is 17.3. The summed E-state index contributed by atoms with van der Waals surface area (Å²) in [4.78, 5) is 24.3. The van der Waals surface area contributed by atoms with Crippen molar-refractivity contribution in [3.05, 3.63) is 10.1 Å². The molecular weight excluding hydrogens is 166 g/mol. The van der Waals surface area contributed by atoms with Crippen LogP contribution < -0.4 is 0 Å². The van der Waals surface area contributed by atoms with Gasteiger partial charge < -0.3 is 5.11 Å². The van der Waals surface area contributed by atoms with E-state index in [9.17, 15) is 14.9 Å². The Balaban J connectivity index is 4.46. The first kappa shape index (κ1) is 10.7. The fourth-order valence-corrected chi connectivity index (χ4v) is 0.660. The Morgan fingerprint density at radius 3 is 2.08 bits per heavy atom. The predicted molar refractivity (Wildman–Crippen MR) is 39.0 cm³/mol. The summed E-state index contributed by atoms with van der Waals surface area (Å²) < 4.78 is 0. The monoisotopic (exact) mass is 177 g/mol. The van der Waals surface area contributed by atoms with Gasteiger partial charge >= 0.3 is 5.97 Å². The molecule has 0 saturated carbocycles. The van der Waals surface area contributed by atoms with Crippen LogP contribution in [-0.4, -0.2) is 22.3 Å². The summed E-state index contributed by atoms with van der Waals surface area (Å²) in [5.74, 6) is -1.33. The van der Waals surface area contributed by atoms with Crippen molar-refractivity contribution in [1.29, 1.82) is 0 Å². The molecule has 0 unspecified atom stereocenters. The van der Waals surface area contributed by atoms with Gasteiger partial charge in [-0.3, -0.25) is 4.84 Å². The first-order valence-corrected chi connectivity index (χ1v) is 3.29. The van der Waals surface area contributed by atoms with Crippen LogP contribution in [-0.2, 0) is 9.63 Å². The number of carbonyl (C=O) groups is 1. The quantitative estimate of drug-likeness (QED) is 0.506. The molecule has 0 heterocycles. The minimum Gasteiger partial charge on any atom is -0.480 e. The summed E-state index contributed by atoms with van der Waals surface area (Å²) >= 11 is 0. The maximum atomic E-state index is 10.5. The van der Waals surface area contributed by atoms with Gasteiger partial charge in [-0.05, 0) is 5.41 Å². The van der Waals surface area contributed by atoms with Crippen LogP contribution in [0.15, 0.2) is 0 Å². The highest BCUT2D eigenvalue weighted by atomic mass is 17.0. The van der Waals surface area contributed by atoms with E-state index >= 15 is 0 Å². The van der Waals surface area contributed by atoms with Crippen LogP contribution in [0.4, 0.5) is 0 Å². The van der Waals surface area contributed by atoms with Gasteiger partial charge in [-0.1, -0.05) is 20.8 Å². The van der Waals surface area contributed by atoms with Crippen molar-refractivity contribution in [3.8, 4) is 0 Å². The summed E-state index contributed by atoms with van der Waals surface area (Å²) in [7, 11) is 0. The second kappa shape index (κ2) is 3.38. The van der Waals surface area contributed by atoms with Gasteiger partial charge in [0, 0.05) is 0 Å². The molecule has 12 heavy (non-hydrogen) atoms. The first-order chi connectivity index (χ1) is 5.25. The fourth-order valence-electron chi connectivity index (χ4n) is 0.660. The molecule has 0 rings (SSSR count). The van der Waals surface area contributed by atoms with Crippen molar-refractivity contribution in [1.82, 2.24) is 0 Å². The Morgan fingerprint density at radius 1 is 1.58 bits per heavy atom. The first-order valence-electron chi connectivity index (χ1n) is 3.29. The van der Waals surface area contributed by atoms with Crippen molar-refractivity contribution in [2.45, 2.75) is 26.9 Å². The summed E-state index contributed by atoms with van der Waals surface area (Å²) in [6, 6.07) is 0. The van der Waals surface area contributed by atoms with Crippen molar-refractivity contribution in [3.63, 3.8) is 0 Å². The third-order valence-electron chi connectivity index (χ3n) is 1.20. The number of rotatable bonds is 3. The number of aliphatic carboxylic acids is 1. The van der Waals surface area contributed by atoms with Crippen molar-refractivity contribution >= 4 is 5.97 Å². The van der Waals surface area contributed by atoms with Gasteiger partial charge in [0.05, 0.1) is 0 Å². The molecule has 0 saturated heterocycles. The lowest BCUT2D eigenvalue weighted by Gasteiger charge is -2.24. The van der Waals surface area contributed by atoms with E-state index < -0.39 is 22.6 Å². The topological polar surface area (TPSA) is 89.7 Å². The molecule has 0 aliphatic heterocycles. The molecule has 0 aliphatic rings. The van der Waals surface area contributed by atoms with Gasteiger partial charge in [0.15, 0.2) is 0 Å². The summed E-state index contributed by atoms with van der Waals surface area (Å²) in [6.45, 7) is 4.65. The lowest BCUT2D eigenvalue weighted by molar-refractivity contribution is -0.768. The maximum absolute atomic E-state index is 10.5. The van der Waals surface area contributed by atoms with E-state index in [0.29, 0.717) is 0 Å². The van der Waals surface area contributed by atoms with E-state index in [1.54, 1.807) is 20.8 Å². The molecule has 70 valence electrons. The van der Waals surface area contributed by atoms with Gasteiger partial charge in [0.1, 0.15) is 0 Å². The zero-order valence-electron chi connectivity index (χ0n) is 7.10. The van der Waals surface area contributed by atoms with E-state index in [4.69, 9.17) is 5.11 Å². The van der Waals surface area contributed by atoms with Crippen LogP contribution in [0.1, 0.15) is 20.8 Å². The van der Waals surface area contributed by atoms with Crippen LogP contribution in [0, 0.1) is 15.5 Å². The van der Waals surface area contributed by atoms with Gasteiger partial charge in [-0.2, -0.15) is 0 Å². The van der Waals surface area contributed by atoms with E-state index in [-0.39, 0.29) is 0 Å². The standard InChI is InChI=1S/C6H11NO5/c1-6(2,3)4(5(8)9)12-7(10)11/h4H,1-3H3,(H,8,9)/t4-/m1/s1. The molecule has 0 aliphatic carbocycles. The molecule has 0 bridgehead atoms. The second-order valence-corrected chi connectivity index (χ2v) is 3.41. The van der Waals surface area contributed by atoms with Gasteiger partial charge in [-0.15, -0.1) is 10.1 Å². The third-order valence-corrected chi connectivity index (χ3v) is 1.20. The average Bonchev–Trinajstić information content (AvgIpc) is 1.79. The Labute approximate surface area is 69.2 Å². The molecule has 0 aromatic carbocycles. The Bertz CT molecular complexity index is 195. The highest BCUT2D eigenvalue weighted by Gasteiger charge is 2.34. The Morgan fingerprint density at radius 2 is 2.00 bits per heavy atom. The molecule has 1 N–H and O–H groups in total. The van der Waals surface area contributed by atoms with E-state index in [2.05, 4.69) is 4.84 Å². The molecule has 0 amide bonds. The zero-order valence-corrected chi connectivity index (χ0v) is 7.10. The predicted octanol–water partition coefficient (Wildman–Crippen LogP) is 0.694. The highest BCUT2D eigenvalue weighted by Crippen LogP contribution is 2.22. The summed E-state index contributed by atoms with van der Waals surface area (Å²) in [5.41, 5.74) is -0.793. The van der Waals surface area contributed by atoms with Gasteiger partial charge in [0.2, 0.25) is 6.10 Å². The van der Waals surface area contributed by atoms with E-state index in [1.165, 1.54) is 0 Å². The second-order valence-electron chi connectivity index (χ2n) is 3.41. The van der Waals surface area contributed by atoms with Crippen molar-refractivity contribution in [2.24, 2.45) is 5.41 Å². The minimum atomic E-state index is -1.42. The Kier molecular flexibility index (Phi) is 3.00. The lowest BCUT2D eigenvalue weighted by atomic mass is 9.89. The number of hydrogen-bond donors (Lipinski definition) is 1. The van der Waals surface area contributed by atoms with Crippen LogP contribution in [0.3, 0.4) is 0 Å². The van der Waals surface area contributed by atoms with Gasteiger partial charge in [-0.25, -0.2) is 4.79 Å². The smallest absolute Gasteiger partial charge is 0.333 e. The molecule has 0 radical (unpaired) electrons. The lowest BCUT2D eigenvalue weighted by Crippen LogP contribution is -2.38.